The molecule has 118 valence electrons. The Hall–Kier alpha value is -2.48. The van der Waals surface area contributed by atoms with Crippen LogP contribution in [0.15, 0.2) is 23.7 Å². The van der Waals surface area contributed by atoms with Gasteiger partial charge in [0.2, 0.25) is 10.9 Å². The maximum absolute atomic E-state index is 12.2. The Morgan fingerprint density at radius 3 is 2.45 bits per heavy atom. The van der Waals surface area contributed by atoms with Gasteiger partial charge in [0.25, 0.3) is 5.91 Å². The largest absolute Gasteiger partial charge is 0.493 e. The number of carbonyl (C=O) groups is 1. The molecule has 7 nitrogen and oxygen atoms in total. The van der Waals surface area contributed by atoms with Crippen LogP contribution in [0.25, 0.3) is 0 Å². The molecule has 1 heterocycles. The van der Waals surface area contributed by atoms with Gasteiger partial charge in [-0.2, -0.15) is 0 Å². The van der Waals surface area contributed by atoms with Gasteiger partial charge in [-0.3, -0.25) is 15.6 Å². The first-order valence-corrected chi connectivity index (χ1v) is 7.42. The van der Waals surface area contributed by atoms with Crippen molar-refractivity contribution in [3.05, 3.63) is 29.3 Å². The predicted molar refractivity (Wildman–Crippen MR) is 83.9 cm³/mol. The number of hydrogen-bond acceptors (Lipinski definition) is 7. The summed E-state index contributed by atoms with van der Waals surface area (Å²) in [7, 11) is 3.01. The molecular formula is C14H17N3O4S. The molecule has 0 saturated carbocycles. The first kappa shape index (κ1) is 15.9. The van der Waals surface area contributed by atoms with Crippen molar-refractivity contribution < 1.29 is 19.0 Å². The summed E-state index contributed by atoms with van der Waals surface area (Å²) < 4.78 is 16.0. The number of hydrogen-bond donors (Lipinski definition) is 2. The van der Waals surface area contributed by atoms with Crippen LogP contribution < -0.4 is 25.1 Å². The minimum atomic E-state index is -0.338. The lowest BCUT2D eigenvalue weighted by Gasteiger charge is -2.15. The summed E-state index contributed by atoms with van der Waals surface area (Å²) in [6.45, 7) is 2.32. The minimum Gasteiger partial charge on any atom is -0.493 e. The number of nitrogens with zero attached hydrogens (tertiary/aromatic N) is 1. The maximum Gasteiger partial charge on any atom is 0.269 e. The van der Waals surface area contributed by atoms with Gasteiger partial charge in [0.1, 0.15) is 0 Å². The number of thiazole rings is 1. The molecule has 0 fully saturated rings. The molecule has 2 rings (SSSR count). The molecular weight excluding hydrogens is 306 g/mol. The van der Waals surface area contributed by atoms with Crippen LogP contribution in [0, 0.1) is 0 Å². The van der Waals surface area contributed by atoms with Crippen molar-refractivity contribution in [1.29, 1.82) is 0 Å². The summed E-state index contributed by atoms with van der Waals surface area (Å²) in [6.07, 6.45) is 1.64. The second kappa shape index (κ2) is 7.51. The molecule has 1 aromatic heterocycles. The van der Waals surface area contributed by atoms with E-state index in [1.165, 1.54) is 25.6 Å². The van der Waals surface area contributed by atoms with Crippen molar-refractivity contribution in [3.8, 4) is 17.2 Å². The van der Waals surface area contributed by atoms with Gasteiger partial charge in [-0.1, -0.05) is 0 Å². The van der Waals surface area contributed by atoms with Crippen LogP contribution in [-0.2, 0) is 0 Å². The highest BCUT2D eigenvalue weighted by atomic mass is 32.1. The van der Waals surface area contributed by atoms with Crippen molar-refractivity contribution in [2.45, 2.75) is 6.92 Å². The molecule has 0 aliphatic carbocycles. The summed E-state index contributed by atoms with van der Waals surface area (Å²) in [5.74, 6) is 0.993. The summed E-state index contributed by atoms with van der Waals surface area (Å²) in [6, 6.07) is 3.18. The average molecular weight is 323 g/mol. The van der Waals surface area contributed by atoms with Crippen LogP contribution >= 0.6 is 11.3 Å². The van der Waals surface area contributed by atoms with Gasteiger partial charge in [0, 0.05) is 17.1 Å². The minimum absolute atomic E-state index is 0.338. The molecule has 2 aromatic rings. The first-order valence-electron chi connectivity index (χ1n) is 6.54. The number of benzene rings is 1. The molecule has 0 unspecified atom stereocenters. The zero-order chi connectivity index (χ0) is 15.9. The van der Waals surface area contributed by atoms with Crippen molar-refractivity contribution >= 4 is 22.4 Å². The number of hydrazine groups is 1. The van der Waals surface area contributed by atoms with Crippen molar-refractivity contribution in [2.75, 3.05) is 26.3 Å². The summed E-state index contributed by atoms with van der Waals surface area (Å²) in [5.41, 5.74) is 5.67. The Balaban J connectivity index is 2.20. The number of aromatic nitrogens is 1. The van der Waals surface area contributed by atoms with Crippen molar-refractivity contribution in [3.63, 3.8) is 0 Å². The van der Waals surface area contributed by atoms with Crippen LogP contribution in [0.5, 0.6) is 17.2 Å². The van der Waals surface area contributed by atoms with Gasteiger partial charge in [-0.25, -0.2) is 4.98 Å². The maximum atomic E-state index is 12.2. The normalized spacial score (nSPS) is 9.95. The van der Waals surface area contributed by atoms with E-state index in [1.807, 2.05) is 6.92 Å². The molecule has 8 heteroatoms. The molecule has 22 heavy (non-hydrogen) atoms. The van der Waals surface area contributed by atoms with Gasteiger partial charge in [-0.15, -0.1) is 11.3 Å². The molecule has 0 radical (unpaired) electrons. The third-order valence-electron chi connectivity index (χ3n) is 2.73. The van der Waals surface area contributed by atoms with E-state index >= 15 is 0 Å². The van der Waals surface area contributed by atoms with Crippen molar-refractivity contribution in [2.24, 2.45) is 0 Å². The Morgan fingerprint density at radius 1 is 1.27 bits per heavy atom. The van der Waals surface area contributed by atoms with E-state index in [1.54, 1.807) is 23.7 Å². The van der Waals surface area contributed by atoms with E-state index in [9.17, 15) is 4.79 Å². The average Bonchev–Trinajstić information content (AvgIpc) is 3.06. The highest BCUT2D eigenvalue weighted by Gasteiger charge is 2.17. The summed E-state index contributed by atoms with van der Waals surface area (Å²) >= 11 is 1.38. The van der Waals surface area contributed by atoms with Crippen molar-refractivity contribution in [1.82, 2.24) is 10.4 Å². The van der Waals surface area contributed by atoms with Gasteiger partial charge in [0.15, 0.2) is 11.5 Å². The topological polar surface area (TPSA) is 81.7 Å². The van der Waals surface area contributed by atoms with Crippen LogP contribution in [0.3, 0.4) is 0 Å². The molecule has 0 aliphatic rings. The van der Waals surface area contributed by atoms with Crippen LogP contribution in [0.1, 0.15) is 17.3 Å². The van der Waals surface area contributed by atoms with Crippen LogP contribution in [-0.4, -0.2) is 31.7 Å². The molecule has 1 aromatic carbocycles. The quantitative estimate of drug-likeness (QED) is 0.761. The highest BCUT2D eigenvalue weighted by Crippen LogP contribution is 2.38. The SMILES string of the molecule is CCOc1c(OC)cc(C(=O)NNc2nccs2)cc1OC. The lowest BCUT2D eigenvalue weighted by molar-refractivity contribution is 0.0962. The van der Waals surface area contributed by atoms with E-state index in [4.69, 9.17) is 14.2 Å². The molecule has 1 amide bonds. The number of anilines is 1. The van der Waals surface area contributed by atoms with E-state index < -0.39 is 0 Å². The fraction of sp³-hybridized carbons (Fsp3) is 0.286. The second-order valence-electron chi connectivity index (χ2n) is 4.06. The highest BCUT2D eigenvalue weighted by molar-refractivity contribution is 7.13. The lowest BCUT2D eigenvalue weighted by Crippen LogP contribution is -2.29. The van der Waals surface area contributed by atoms with E-state index in [2.05, 4.69) is 15.8 Å². The van der Waals surface area contributed by atoms with E-state index in [-0.39, 0.29) is 5.91 Å². The Kier molecular flexibility index (Phi) is 5.42. The molecule has 0 atom stereocenters. The summed E-state index contributed by atoms with van der Waals surface area (Å²) in [5, 5.41) is 2.40. The third kappa shape index (κ3) is 3.59. The smallest absolute Gasteiger partial charge is 0.269 e. The number of rotatable bonds is 7. The van der Waals surface area contributed by atoms with E-state index in [0.29, 0.717) is 34.6 Å². The number of carbonyl (C=O) groups excluding carboxylic acids is 1. The van der Waals surface area contributed by atoms with Crippen LogP contribution in [0.2, 0.25) is 0 Å². The molecule has 0 aliphatic heterocycles. The van der Waals surface area contributed by atoms with Gasteiger partial charge in [0.05, 0.1) is 20.8 Å². The molecule has 0 saturated heterocycles. The Labute approximate surface area is 132 Å². The monoisotopic (exact) mass is 323 g/mol. The van der Waals surface area contributed by atoms with Gasteiger partial charge >= 0.3 is 0 Å². The van der Waals surface area contributed by atoms with E-state index in [0.717, 1.165) is 0 Å². The zero-order valence-electron chi connectivity index (χ0n) is 12.5. The lowest BCUT2D eigenvalue weighted by atomic mass is 10.1. The predicted octanol–water partition coefficient (Wildman–Crippen LogP) is 2.32. The number of methoxy groups -OCH3 is 2. The molecule has 0 spiro atoms. The molecule has 2 N–H and O–H groups in total. The fourth-order valence-corrected chi connectivity index (χ4v) is 2.25. The molecule has 0 bridgehead atoms. The second-order valence-corrected chi connectivity index (χ2v) is 4.95. The van der Waals surface area contributed by atoms with Gasteiger partial charge < -0.3 is 14.2 Å². The van der Waals surface area contributed by atoms with Crippen LogP contribution in [0.4, 0.5) is 5.13 Å². The third-order valence-corrected chi connectivity index (χ3v) is 3.42. The standard InChI is InChI=1S/C14H17N3O4S/c1-4-21-12-10(19-2)7-9(8-11(12)20-3)13(18)16-17-14-15-5-6-22-14/h5-8H,4H2,1-3H3,(H,15,17)(H,16,18). The van der Waals surface area contributed by atoms with Gasteiger partial charge in [-0.05, 0) is 19.1 Å². The number of ether oxygens (including phenoxy) is 3. The summed E-state index contributed by atoms with van der Waals surface area (Å²) in [4.78, 5) is 16.2. The first-order chi connectivity index (χ1) is 10.7. The number of amides is 1. The number of nitrogens with one attached hydrogen (secondary N) is 2. The fourth-order valence-electron chi connectivity index (χ4n) is 1.77. The Bertz CT molecular complexity index is 606. The Morgan fingerprint density at radius 2 is 1.95 bits per heavy atom. The zero-order valence-corrected chi connectivity index (χ0v) is 13.3.